The standard InChI is InChI=1S/C43H56N4O7/c1-43(2,3)54-42(50)45-22-19-36(32-13-7-11-30(25-32)31-12-8-14-35(26-31)52-24-9-20-44(4)5)37(28-45)41(49)47(33-15-16-33)34-17-18-39-38(27-34)46(21-10-23-51-6)40(48)29-53-39/h7-8,11-14,17-18,25-27,33,36-37H,9-10,15-16,19-24,28-29H2,1-6H3/t36-,37+/m1/s1. The highest BCUT2D eigenvalue weighted by Gasteiger charge is 2.44. The van der Waals surface area contributed by atoms with Gasteiger partial charge < -0.3 is 38.5 Å². The van der Waals surface area contributed by atoms with E-state index in [0.29, 0.717) is 50.6 Å². The predicted octanol–water partition coefficient (Wildman–Crippen LogP) is 6.98. The molecule has 2 heterocycles. The molecule has 0 unspecified atom stereocenters. The van der Waals surface area contributed by atoms with E-state index >= 15 is 4.79 Å². The lowest BCUT2D eigenvalue weighted by Crippen LogP contribution is -2.51. The Morgan fingerprint density at radius 2 is 1.69 bits per heavy atom. The molecular weight excluding hydrogens is 684 g/mol. The van der Waals surface area contributed by atoms with Crippen LogP contribution in [0, 0.1) is 5.92 Å². The topological polar surface area (TPSA) is 101 Å². The fraction of sp³-hybridized carbons (Fsp3) is 0.512. The van der Waals surface area contributed by atoms with Crippen molar-refractivity contribution in [3.63, 3.8) is 0 Å². The Kier molecular flexibility index (Phi) is 12.5. The molecule has 3 aromatic carbocycles. The van der Waals surface area contributed by atoms with Gasteiger partial charge in [-0.3, -0.25) is 9.59 Å². The molecule has 0 bridgehead atoms. The van der Waals surface area contributed by atoms with Crippen molar-refractivity contribution in [2.24, 2.45) is 5.92 Å². The van der Waals surface area contributed by atoms with Crippen LogP contribution in [0.15, 0.2) is 66.7 Å². The Morgan fingerprint density at radius 3 is 2.41 bits per heavy atom. The number of hydrogen-bond donors (Lipinski definition) is 0. The summed E-state index contributed by atoms with van der Waals surface area (Å²) in [4.78, 5) is 49.0. The minimum atomic E-state index is -0.663. The van der Waals surface area contributed by atoms with Crippen molar-refractivity contribution in [3.05, 3.63) is 72.3 Å². The highest BCUT2D eigenvalue weighted by Crippen LogP contribution is 2.43. The lowest BCUT2D eigenvalue weighted by molar-refractivity contribution is -0.124. The van der Waals surface area contributed by atoms with Crippen molar-refractivity contribution in [2.75, 3.05) is 77.0 Å². The molecule has 11 heteroatoms. The fourth-order valence-electron chi connectivity index (χ4n) is 7.36. The average molecular weight is 741 g/mol. The summed E-state index contributed by atoms with van der Waals surface area (Å²) in [5.41, 5.74) is 3.85. The minimum absolute atomic E-state index is 0.0258. The molecule has 0 spiro atoms. The number of carbonyl (C=O) groups is 3. The van der Waals surface area contributed by atoms with Crippen molar-refractivity contribution in [3.8, 4) is 22.6 Å². The molecule has 54 heavy (non-hydrogen) atoms. The molecule has 3 aliphatic rings. The van der Waals surface area contributed by atoms with E-state index in [1.807, 2.05) is 62.1 Å². The summed E-state index contributed by atoms with van der Waals surface area (Å²) >= 11 is 0. The second-order valence-electron chi connectivity index (χ2n) is 15.9. The zero-order valence-corrected chi connectivity index (χ0v) is 32.7. The van der Waals surface area contributed by atoms with Gasteiger partial charge in [0.25, 0.3) is 5.91 Å². The molecule has 1 aliphatic carbocycles. The molecule has 3 aromatic rings. The zero-order valence-electron chi connectivity index (χ0n) is 32.7. The van der Waals surface area contributed by atoms with Gasteiger partial charge in [-0.25, -0.2) is 4.79 Å². The van der Waals surface area contributed by atoms with Crippen molar-refractivity contribution < 1.29 is 33.3 Å². The van der Waals surface area contributed by atoms with E-state index in [2.05, 4.69) is 49.3 Å². The van der Waals surface area contributed by atoms with Crippen LogP contribution in [-0.4, -0.2) is 107 Å². The molecule has 3 amide bonds. The van der Waals surface area contributed by atoms with Crippen molar-refractivity contribution >= 4 is 29.3 Å². The number of piperidine rings is 1. The second-order valence-corrected chi connectivity index (χ2v) is 15.9. The third kappa shape index (κ3) is 9.73. The monoisotopic (exact) mass is 740 g/mol. The van der Waals surface area contributed by atoms with Crippen molar-refractivity contribution in [1.29, 1.82) is 0 Å². The summed E-state index contributed by atoms with van der Waals surface area (Å²) in [7, 11) is 5.76. The maximum atomic E-state index is 15.1. The average Bonchev–Trinajstić information content (AvgIpc) is 3.99. The Bertz CT molecular complexity index is 1790. The van der Waals surface area contributed by atoms with Gasteiger partial charge in [0.15, 0.2) is 6.61 Å². The summed E-state index contributed by atoms with van der Waals surface area (Å²) < 4.78 is 22.9. The number of anilines is 2. The van der Waals surface area contributed by atoms with Crippen LogP contribution in [0.3, 0.4) is 0 Å². The lowest BCUT2D eigenvalue weighted by Gasteiger charge is -2.41. The summed E-state index contributed by atoms with van der Waals surface area (Å²) in [5, 5.41) is 0. The molecule has 2 aliphatic heterocycles. The van der Waals surface area contributed by atoms with Gasteiger partial charge in [-0.2, -0.15) is 0 Å². The fourth-order valence-corrected chi connectivity index (χ4v) is 7.36. The van der Waals surface area contributed by atoms with E-state index in [4.69, 9.17) is 18.9 Å². The van der Waals surface area contributed by atoms with E-state index in [1.54, 1.807) is 16.9 Å². The molecular formula is C43H56N4O7. The highest BCUT2D eigenvalue weighted by molar-refractivity contribution is 6.01. The number of rotatable bonds is 14. The van der Waals surface area contributed by atoms with E-state index in [9.17, 15) is 9.59 Å². The Balaban J connectivity index is 1.31. The van der Waals surface area contributed by atoms with Crippen LogP contribution in [0.4, 0.5) is 16.2 Å². The van der Waals surface area contributed by atoms with Crippen LogP contribution in [0.2, 0.25) is 0 Å². The highest BCUT2D eigenvalue weighted by atomic mass is 16.6. The summed E-state index contributed by atoms with van der Waals surface area (Å²) in [6.45, 7) is 8.86. The Morgan fingerprint density at radius 1 is 0.926 bits per heavy atom. The maximum Gasteiger partial charge on any atom is 0.410 e. The molecule has 1 saturated heterocycles. The number of fused-ring (bicyclic) bond motifs is 1. The second kappa shape index (κ2) is 17.2. The molecule has 1 saturated carbocycles. The smallest absolute Gasteiger partial charge is 0.410 e. The molecule has 0 N–H and O–H groups in total. The maximum absolute atomic E-state index is 15.1. The van der Waals surface area contributed by atoms with Gasteiger partial charge in [0.2, 0.25) is 5.91 Å². The first-order valence-electron chi connectivity index (χ1n) is 19.3. The van der Waals surface area contributed by atoms with Crippen LogP contribution < -0.4 is 19.3 Å². The molecule has 2 atom stereocenters. The third-order valence-electron chi connectivity index (χ3n) is 10.1. The Hall–Kier alpha value is -4.61. The van der Waals surface area contributed by atoms with Gasteiger partial charge in [0.05, 0.1) is 18.2 Å². The van der Waals surface area contributed by atoms with Crippen LogP contribution in [0.1, 0.15) is 64.4 Å². The van der Waals surface area contributed by atoms with E-state index in [0.717, 1.165) is 53.9 Å². The zero-order chi connectivity index (χ0) is 38.4. The van der Waals surface area contributed by atoms with Gasteiger partial charge in [0, 0.05) is 51.6 Å². The number of likely N-dealkylation sites (tertiary alicyclic amines) is 1. The van der Waals surface area contributed by atoms with Gasteiger partial charge in [-0.1, -0.05) is 36.4 Å². The van der Waals surface area contributed by atoms with Crippen molar-refractivity contribution in [1.82, 2.24) is 9.80 Å². The Labute approximate surface area is 320 Å². The quantitative estimate of drug-likeness (QED) is 0.163. The first-order chi connectivity index (χ1) is 25.9. The van der Waals surface area contributed by atoms with Crippen LogP contribution >= 0.6 is 0 Å². The minimum Gasteiger partial charge on any atom is -0.494 e. The number of amides is 3. The van der Waals surface area contributed by atoms with Gasteiger partial charge in [-0.15, -0.1) is 0 Å². The van der Waals surface area contributed by atoms with Crippen LogP contribution in [0.25, 0.3) is 11.1 Å². The van der Waals surface area contributed by atoms with Gasteiger partial charge in [-0.05, 0) is 120 Å². The van der Waals surface area contributed by atoms with Gasteiger partial charge >= 0.3 is 6.09 Å². The first-order valence-corrected chi connectivity index (χ1v) is 19.3. The number of benzene rings is 3. The first kappa shape index (κ1) is 39.1. The molecule has 0 radical (unpaired) electrons. The molecule has 290 valence electrons. The number of methoxy groups -OCH3 is 1. The van der Waals surface area contributed by atoms with E-state index in [-0.39, 0.29) is 36.9 Å². The third-order valence-corrected chi connectivity index (χ3v) is 10.1. The van der Waals surface area contributed by atoms with Crippen LogP contribution in [0.5, 0.6) is 11.5 Å². The van der Waals surface area contributed by atoms with Crippen molar-refractivity contribution in [2.45, 2.75) is 70.4 Å². The summed E-state index contributed by atoms with van der Waals surface area (Å²) in [5.74, 6) is 0.608. The SMILES string of the molecule is COCCCN1C(=O)COc2ccc(N(C(=O)[C@H]3CN(C(=O)OC(C)(C)C)CC[C@@H]3c3cccc(-c4cccc(OCCCN(C)C)c4)c3)C3CC3)cc21. The van der Waals surface area contributed by atoms with E-state index < -0.39 is 17.6 Å². The molecule has 2 fully saturated rings. The predicted molar refractivity (Wildman–Crippen MR) is 210 cm³/mol. The van der Waals surface area contributed by atoms with Gasteiger partial charge in [0.1, 0.15) is 17.1 Å². The number of nitrogens with zero attached hydrogens (tertiary/aromatic N) is 4. The summed E-state index contributed by atoms with van der Waals surface area (Å²) in [6.07, 6.45) is 3.56. The number of ether oxygens (including phenoxy) is 4. The molecule has 0 aromatic heterocycles. The molecule has 6 rings (SSSR count). The van der Waals surface area contributed by atoms with Crippen LogP contribution in [-0.2, 0) is 19.1 Å². The lowest BCUT2D eigenvalue weighted by atomic mass is 9.78. The number of hydrogen-bond acceptors (Lipinski definition) is 8. The normalized spacial score (nSPS) is 18.6. The number of carbonyl (C=O) groups excluding carboxylic acids is 3. The van der Waals surface area contributed by atoms with E-state index in [1.165, 1.54) is 0 Å². The largest absolute Gasteiger partial charge is 0.494 e. The summed E-state index contributed by atoms with van der Waals surface area (Å²) in [6, 6.07) is 22.3. The molecule has 11 nitrogen and oxygen atoms in total.